The Hall–Kier alpha value is -1.88. The summed E-state index contributed by atoms with van der Waals surface area (Å²) in [6.45, 7) is -0.142. The van der Waals surface area contributed by atoms with Crippen LogP contribution in [0, 0.1) is 0 Å². The van der Waals surface area contributed by atoms with Gasteiger partial charge in [-0.2, -0.15) is 0 Å². The lowest BCUT2D eigenvalue weighted by atomic mass is 10.1. The molecule has 24 heavy (non-hydrogen) atoms. The number of phosphoric ester groups is 1. The quantitative estimate of drug-likeness (QED) is 0.573. The highest BCUT2D eigenvalue weighted by Gasteiger charge is 2.52. The standard InChI is InChI=1S/C12H12N5O6P/c18-8-9-6(3-21-24(19,20)23-9)22-12(8)17-5-14-7-10-13-1-2-16(10)4-15-11(7)17/h1-2,4-6,8-9,12,18H,3H2,(H,19,20). The Morgan fingerprint density at radius 2 is 2.12 bits per heavy atom. The maximum Gasteiger partial charge on any atom is 0.472 e. The van der Waals surface area contributed by atoms with E-state index < -0.39 is 32.4 Å². The predicted octanol–water partition coefficient (Wildman–Crippen LogP) is -0.147. The van der Waals surface area contributed by atoms with Crippen molar-refractivity contribution in [2.45, 2.75) is 24.5 Å². The molecule has 12 heteroatoms. The minimum Gasteiger partial charge on any atom is -0.386 e. The van der Waals surface area contributed by atoms with Crippen molar-refractivity contribution in [3.63, 3.8) is 0 Å². The van der Waals surface area contributed by atoms with Gasteiger partial charge in [-0.15, -0.1) is 0 Å². The molecule has 0 spiro atoms. The van der Waals surface area contributed by atoms with E-state index in [0.29, 0.717) is 16.8 Å². The van der Waals surface area contributed by atoms with E-state index in [2.05, 4.69) is 15.0 Å². The molecule has 0 saturated carbocycles. The van der Waals surface area contributed by atoms with Gasteiger partial charge in [-0.25, -0.2) is 19.5 Å². The second-order valence-corrected chi connectivity index (χ2v) is 7.02. The molecule has 5 atom stereocenters. The van der Waals surface area contributed by atoms with Gasteiger partial charge >= 0.3 is 7.82 Å². The first kappa shape index (κ1) is 14.5. The van der Waals surface area contributed by atoms with E-state index in [-0.39, 0.29) is 6.61 Å². The van der Waals surface area contributed by atoms with Gasteiger partial charge in [0, 0.05) is 12.4 Å². The molecule has 2 aliphatic rings. The Balaban J connectivity index is 1.57. The lowest BCUT2D eigenvalue weighted by Gasteiger charge is -2.27. The smallest absolute Gasteiger partial charge is 0.386 e. The number of rotatable bonds is 1. The minimum absolute atomic E-state index is 0.142. The highest BCUT2D eigenvalue weighted by Crippen LogP contribution is 2.52. The lowest BCUT2D eigenvalue weighted by molar-refractivity contribution is -0.0664. The normalized spacial score (nSPS) is 36.4. The van der Waals surface area contributed by atoms with Crippen molar-refractivity contribution in [2.75, 3.05) is 6.61 Å². The molecule has 0 radical (unpaired) electrons. The molecule has 0 bridgehead atoms. The number of nitrogens with zero attached hydrogens (tertiary/aromatic N) is 5. The summed E-state index contributed by atoms with van der Waals surface area (Å²) in [5, 5.41) is 10.5. The molecule has 2 saturated heterocycles. The summed E-state index contributed by atoms with van der Waals surface area (Å²) in [5.74, 6) is 0. The van der Waals surface area contributed by atoms with Gasteiger partial charge in [0.05, 0.1) is 12.9 Å². The van der Waals surface area contributed by atoms with Crippen LogP contribution in [0.25, 0.3) is 16.8 Å². The molecule has 2 aliphatic heterocycles. The third kappa shape index (κ3) is 1.97. The molecule has 0 amide bonds. The summed E-state index contributed by atoms with van der Waals surface area (Å²) in [7, 11) is -4.16. The summed E-state index contributed by atoms with van der Waals surface area (Å²) < 4.78 is 30.2. The second kappa shape index (κ2) is 4.82. The molecule has 11 nitrogen and oxygen atoms in total. The number of ether oxygens (including phenoxy) is 1. The van der Waals surface area contributed by atoms with Gasteiger partial charge in [-0.3, -0.25) is 18.0 Å². The third-order valence-corrected chi connectivity index (χ3v) is 5.18. The van der Waals surface area contributed by atoms with E-state index in [1.807, 2.05) is 0 Å². The average molecular weight is 353 g/mol. The Morgan fingerprint density at radius 1 is 1.25 bits per heavy atom. The van der Waals surface area contributed by atoms with Gasteiger partial charge in [-0.1, -0.05) is 0 Å². The number of hydrogen-bond acceptors (Lipinski definition) is 8. The number of phosphoric acid groups is 1. The van der Waals surface area contributed by atoms with Gasteiger partial charge in [-0.05, 0) is 0 Å². The third-order valence-electron chi connectivity index (χ3n) is 4.19. The number of aromatic nitrogens is 5. The van der Waals surface area contributed by atoms with E-state index in [1.54, 1.807) is 27.7 Å². The van der Waals surface area contributed by atoms with Gasteiger partial charge < -0.3 is 14.7 Å². The maximum absolute atomic E-state index is 11.5. The zero-order chi connectivity index (χ0) is 16.5. The summed E-state index contributed by atoms with van der Waals surface area (Å²) in [5.41, 5.74) is 1.66. The highest BCUT2D eigenvalue weighted by molar-refractivity contribution is 7.47. The monoisotopic (exact) mass is 353 g/mol. The van der Waals surface area contributed by atoms with Crippen molar-refractivity contribution < 1.29 is 28.3 Å². The van der Waals surface area contributed by atoms with E-state index in [1.165, 1.54) is 6.33 Å². The lowest BCUT2D eigenvalue weighted by Crippen LogP contribution is -2.39. The Kier molecular flexibility index (Phi) is 2.90. The van der Waals surface area contributed by atoms with Crippen molar-refractivity contribution in [3.05, 3.63) is 25.0 Å². The van der Waals surface area contributed by atoms with Gasteiger partial charge in [0.2, 0.25) is 0 Å². The van der Waals surface area contributed by atoms with Gasteiger partial charge in [0.25, 0.3) is 0 Å². The fourth-order valence-corrected chi connectivity index (χ4v) is 4.06. The Labute approximate surface area is 134 Å². The van der Waals surface area contributed by atoms with E-state index in [4.69, 9.17) is 13.8 Å². The highest BCUT2D eigenvalue weighted by atomic mass is 31.2. The number of fused-ring (bicyclic) bond motifs is 4. The summed E-state index contributed by atoms with van der Waals surface area (Å²) >= 11 is 0. The van der Waals surface area contributed by atoms with Crippen LogP contribution in [-0.2, 0) is 18.3 Å². The number of imidazole rings is 2. The zero-order valence-electron chi connectivity index (χ0n) is 12.0. The molecule has 3 aromatic heterocycles. The van der Waals surface area contributed by atoms with Crippen LogP contribution >= 0.6 is 7.82 Å². The van der Waals surface area contributed by atoms with Crippen molar-refractivity contribution >= 4 is 24.6 Å². The first-order chi connectivity index (χ1) is 11.5. The predicted molar refractivity (Wildman–Crippen MR) is 76.8 cm³/mol. The number of hydrogen-bond donors (Lipinski definition) is 2. The van der Waals surface area contributed by atoms with Crippen molar-refractivity contribution in [1.29, 1.82) is 0 Å². The fraction of sp³-hybridized carbons (Fsp3) is 0.417. The topological polar surface area (TPSA) is 133 Å². The summed E-state index contributed by atoms with van der Waals surface area (Å²) in [6, 6.07) is 0. The molecule has 0 aliphatic carbocycles. The van der Waals surface area contributed by atoms with Crippen LogP contribution in [-0.4, -0.2) is 58.8 Å². The number of aliphatic hydroxyl groups is 1. The molecule has 0 aromatic carbocycles. The Morgan fingerprint density at radius 3 is 3.00 bits per heavy atom. The molecule has 2 N–H and O–H groups in total. The summed E-state index contributed by atoms with van der Waals surface area (Å²) in [6.07, 6.45) is 2.79. The van der Waals surface area contributed by atoms with Crippen LogP contribution in [0.3, 0.4) is 0 Å². The van der Waals surface area contributed by atoms with Gasteiger partial charge in [0.1, 0.15) is 24.6 Å². The largest absolute Gasteiger partial charge is 0.472 e. The average Bonchev–Trinajstić information content (AvgIpc) is 3.23. The SMILES string of the molecule is O=P1(O)OCC2OC(n3cnc4c3ncn3ccnc43)C(O)C2O1. The maximum atomic E-state index is 11.5. The van der Waals surface area contributed by atoms with Crippen molar-refractivity contribution in [2.24, 2.45) is 0 Å². The molecule has 3 aromatic rings. The van der Waals surface area contributed by atoms with Crippen molar-refractivity contribution in [1.82, 2.24) is 23.9 Å². The van der Waals surface area contributed by atoms with Crippen LogP contribution < -0.4 is 0 Å². The molecule has 126 valence electrons. The van der Waals surface area contributed by atoms with E-state index in [0.717, 1.165) is 0 Å². The van der Waals surface area contributed by atoms with Gasteiger partial charge in [0.15, 0.2) is 23.0 Å². The second-order valence-electron chi connectivity index (χ2n) is 5.62. The molecule has 5 heterocycles. The first-order valence-corrected chi connectivity index (χ1v) is 8.66. The molecule has 5 rings (SSSR count). The minimum atomic E-state index is -4.16. The van der Waals surface area contributed by atoms with E-state index >= 15 is 0 Å². The molecule has 5 unspecified atom stereocenters. The number of aliphatic hydroxyl groups excluding tert-OH is 1. The van der Waals surface area contributed by atoms with Crippen molar-refractivity contribution in [3.8, 4) is 0 Å². The van der Waals surface area contributed by atoms with Crippen LogP contribution in [0.5, 0.6) is 0 Å². The molecule has 2 fully saturated rings. The van der Waals surface area contributed by atoms with Crippen LogP contribution in [0.4, 0.5) is 0 Å². The van der Waals surface area contributed by atoms with Crippen LogP contribution in [0.1, 0.15) is 6.23 Å². The fourth-order valence-electron chi connectivity index (χ4n) is 3.10. The molecular weight excluding hydrogens is 341 g/mol. The molecular formula is C12H12N5O6P. The van der Waals surface area contributed by atoms with Crippen LogP contribution in [0.2, 0.25) is 0 Å². The Bertz CT molecular complexity index is 987. The summed E-state index contributed by atoms with van der Waals surface area (Å²) in [4.78, 5) is 22.3. The zero-order valence-corrected chi connectivity index (χ0v) is 12.9. The van der Waals surface area contributed by atoms with Crippen LogP contribution in [0.15, 0.2) is 25.0 Å². The first-order valence-electron chi connectivity index (χ1n) is 7.17. The van der Waals surface area contributed by atoms with E-state index in [9.17, 15) is 14.6 Å².